The minimum absolute atomic E-state index is 0.128. The Hall–Kier alpha value is -1.54. The van der Waals surface area contributed by atoms with Crippen LogP contribution in [0.25, 0.3) is 0 Å². The lowest BCUT2D eigenvalue weighted by Gasteiger charge is -2.31. The van der Waals surface area contributed by atoms with Crippen LogP contribution in [-0.4, -0.2) is 55.0 Å². The first-order chi connectivity index (χ1) is 9.72. The number of hydrogen-bond donors (Lipinski definition) is 1. The number of carbonyl (C=O) groups excluding carboxylic acids is 1. The summed E-state index contributed by atoms with van der Waals surface area (Å²) >= 11 is 0. The van der Waals surface area contributed by atoms with Gasteiger partial charge in [-0.15, -0.1) is 0 Å². The average molecular weight is 276 g/mol. The van der Waals surface area contributed by atoms with Gasteiger partial charge in [-0.1, -0.05) is 19.3 Å². The van der Waals surface area contributed by atoms with Crippen molar-refractivity contribution in [3.8, 4) is 6.07 Å². The van der Waals surface area contributed by atoms with E-state index in [-0.39, 0.29) is 11.5 Å². The third-order valence-corrected chi connectivity index (χ3v) is 4.24. The molecule has 0 spiro atoms. The number of hydrogen-bond acceptors (Lipinski definition) is 4. The second kappa shape index (κ2) is 7.30. The van der Waals surface area contributed by atoms with Crippen molar-refractivity contribution in [1.82, 2.24) is 15.1 Å². The number of carbonyl (C=O) groups is 1. The molecule has 0 bridgehead atoms. The number of nitrogens with zero attached hydrogens (tertiary/aromatic N) is 3. The van der Waals surface area contributed by atoms with E-state index >= 15 is 0 Å². The molecule has 1 saturated carbocycles. The summed E-state index contributed by atoms with van der Waals surface area (Å²) in [5.74, 6) is -0.128. The molecule has 20 heavy (non-hydrogen) atoms. The Bertz CT molecular complexity index is 401. The van der Waals surface area contributed by atoms with E-state index in [0.717, 1.165) is 25.9 Å². The molecule has 110 valence electrons. The Balaban J connectivity index is 2.00. The lowest BCUT2D eigenvalue weighted by molar-refractivity contribution is -0.127. The van der Waals surface area contributed by atoms with Crippen LogP contribution in [0.4, 0.5) is 0 Å². The molecule has 2 fully saturated rings. The van der Waals surface area contributed by atoms with E-state index in [4.69, 9.17) is 0 Å². The maximum atomic E-state index is 12.3. The molecule has 0 aromatic carbocycles. The first kappa shape index (κ1) is 14.9. The van der Waals surface area contributed by atoms with Gasteiger partial charge < -0.3 is 15.1 Å². The summed E-state index contributed by atoms with van der Waals surface area (Å²) in [5.41, 5.74) is 0.264. The molecule has 2 aliphatic rings. The monoisotopic (exact) mass is 276 g/mol. The Morgan fingerprint density at radius 2 is 1.95 bits per heavy atom. The smallest absolute Gasteiger partial charge is 0.266 e. The van der Waals surface area contributed by atoms with Gasteiger partial charge in [0.25, 0.3) is 5.91 Å². The molecule has 1 N–H and O–H groups in total. The molecule has 0 aromatic rings. The number of rotatable bonds is 3. The van der Waals surface area contributed by atoms with E-state index in [0.29, 0.717) is 19.1 Å². The summed E-state index contributed by atoms with van der Waals surface area (Å²) in [6.07, 6.45) is 7.87. The van der Waals surface area contributed by atoms with Gasteiger partial charge in [-0.2, -0.15) is 5.26 Å². The van der Waals surface area contributed by atoms with E-state index in [9.17, 15) is 10.1 Å². The van der Waals surface area contributed by atoms with E-state index in [2.05, 4.69) is 16.3 Å². The van der Waals surface area contributed by atoms with Crippen LogP contribution < -0.4 is 5.32 Å². The van der Waals surface area contributed by atoms with Crippen LogP contribution in [0.5, 0.6) is 0 Å². The largest absolute Gasteiger partial charge is 0.376 e. The lowest BCUT2D eigenvalue weighted by atomic mass is 9.94. The molecular weight excluding hydrogens is 252 g/mol. The maximum absolute atomic E-state index is 12.3. The van der Waals surface area contributed by atoms with Gasteiger partial charge in [-0.05, 0) is 12.8 Å². The quantitative estimate of drug-likeness (QED) is 0.619. The zero-order valence-electron chi connectivity index (χ0n) is 12.3. The number of amides is 1. The van der Waals surface area contributed by atoms with Crippen molar-refractivity contribution in [3.05, 3.63) is 11.8 Å². The summed E-state index contributed by atoms with van der Waals surface area (Å²) in [5, 5.41) is 12.5. The summed E-state index contributed by atoms with van der Waals surface area (Å²) in [6, 6.07) is 2.55. The average Bonchev–Trinajstić information content (AvgIpc) is 2.53. The third-order valence-electron chi connectivity index (χ3n) is 4.24. The van der Waals surface area contributed by atoms with Crippen molar-refractivity contribution in [3.63, 3.8) is 0 Å². The van der Waals surface area contributed by atoms with E-state index in [1.165, 1.54) is 19.3 Å². The Morgan fingerprint density at radius 3 is 2.55 bits per heavy atom. The van der Waals surface area contributed by atoms with Crippen molar-refractivity contribution >= 4 is 5.91 Å². The summed E-state index contributed by atoms with van der Waals surface area (Å²) < 4.78 is 0. The molecule has 0 unspecified atom stereocenters. The first-order valence-corrected chi connectivity index (χ1v) is 7.56. The predicted octanol–water partition coefficient (Wildman–Crippen LogP) is 1.09. The number of nitriles is 1. The molecule has 1 aliphatic heterocycles. The van der Waals surface area contributed by atoms with Crippen LogP contribution in [0.15, 0.2) is 11.8 Å². The molecule has 0 radical (unpaired) electrons. The number of piperazine rings is 1. The summed E-state index contributed by atoms with van der Waals surface area (Å²) in [4.78, 5) is 16.2. The highest BCUT2D eigenvalue weighted by Gasteiger charge is 2.22. The van der Waals surface area contributed by atoms with E-state index < -0.39 is 0 Å². The fourth-order valence-electron chi connectivity index (χ4n) is 2.97. The molecule has 1 amide bonds. The van der Waals surface area contributed by atoms with Crippen molar-refractivity contribution in [2.75, 3.05) is 33.2 Å². The van der Waals surface area contributed by atoms with Crippen LogP contribution in [-0.2, 0) is 4.79 Å². The van der Waals surface area contributed by atoms with Crippen LogP contribution in [0.1, 0.15) is 32.1 Å². The van der Waals surface area contributed by atoms with Gasteiger partial charge in [0, 0.05) is 45.5 Å². The van der Waals surface area contributed by atoms with Gasteiger partial charge in [0.1, 0.15) is 11.6 Å². The van der Waals surface area contributed by atoms with Crippen LogP contribution >= 0.6 is 0 Å². The minimum Gasteiger partial charge on any atom is -0.376 e. The summed E-state index contributed by atoms with van der Waals surface area (Å²) in [7, 11) is 1.98. The number of nitrogens with one attached hydrogen (secondary N) is 1. The molecule has 5 nitrogen and oxygen atoms in total. The molecule has 0 atom stereocenters. The SMILES string of the molecule is CN(/C=C(/C#N)C(=O)N1CCNCC1)C1CCCCC1. The Morgan fingerprint density at radius 1 is 1.30 bits per heavy atom. The minimum atomic E-state index is -0.128. The van der Waals surface area contributed by atoms with Crippen molar-refractivity contribution in [2.24, 2.45) is 0 Å². The Kier molecular flexibility index (Phi) is 5.42. The molecule has 0 aromatic heterocycles. The van der Waals surface area contributed by atoms with Crippen LogP contribution in [0.2, 0.25) is 0 Å². The topological polar surface area (TPSA) is 59.4 Å². The maximum Gasteiger partial charge on any atom is 0.266 e. The predicted molar refractivity (Wildman–Crippen MR) is 77.8 cm³/mol. The second-order valence-electron chi connectivity index (χ2n) is 5.65. The fraction of sp³-hybridized carbons (Fsp3) is 0.733. The van der Waals surface area contributed by atoms with Gasteiger partial charge in [0.2, 0.25) is 0 Å². The van der Waals surface area contributed by atoms with Crippen LogP contribution in [0.3, 0.4) is 0 Å². The highest BCUT2D eigenvalue weighted by molar-refractivity contribution is 5.97. The molecule has 5 heteroatoms. The highest BCUT2D eigenvalue weighted by atomic mass is 16.2. The Labute approximate surface area is 121 Å². The standard InChI is InChI=1S/C15H24N4O/c1-18(14-5-3-2-4-6-14)12-13(11-16)15(20)19-9-7-17-8-10-19/h12,14,17H,2-10H2,1H3/b13-12-. The van der Waals surface area contributed by atoms with Crippen LogP contribution in [0, 0.1) is 11.3 Å². The molecule has 1 heterocycles. The van der Waals surface area contributed by atoms with Gasteiger partial charge >= 0.3 is 0 Å². The molecule has 2 rings (SSSR count). The normalized spacial score (nSPS) is 21.4. The van der Waals surface area contributed by atoms with Crippen molar-refractivity contribution in [2.45, 2.75) is 38.1 Å². The molecule has 1 aliphatic carbocycles. The lowest BCUT2D eigenvalue weighted by Crippen LogP contribution is -2.47. The van der Waals surface area contributed by atoms with E-state index in [1.807, 2.05) is 7.05 Å². The fourth-order valence-corrected chi connectivity index (χ4v) is 2.97. The van der Waals surface area contributed by atoms with Crippen molar-refractivity contribution in [1.29, 1.82) is 5.26 Å². The zero-order valence-corrected chi connectivity index (χ0v) is 12.3. The van der Waals surface area contributed by atoms with Crippen molar-refractivity contribution < 1.29 is 4.79 Å². The molecule has 1 saturated heterocycles. The van der Waals surface area contributed by atoms with Gasteiger partial charge in [0.15, 0.2) is 0 Å². The summed E-state index contributed by atoms with van der Waals surface area (Å²) in [6.45, 7) is 2.99. The van der Waals surface area contributed by atoms with Gasteiger partial charge in [0.05, 0.1) is 0 Å². The first-order valence-electron chi connectivity index (χ1n) is 7.56. The second-order valence-corrected chi connectivity index (χ2v) is 5.65. The van der Waals surface area contributed by atoms with Gasteiger partial charge in [-0.3, -0.25) is 4.79 Å². The zero-order chi connectivity index (χ0) is 14.4. The van der Waals surface area contributed by atoms with Gasteiger partial charge in [-0.25, -0.2) is 0 Å². The molecular formula is C15H24N4O. The third kappa shape index (κ3) is 3.73. The van der Waals surface area contributed by atoms with E-state index in [1.54, 1.807) is 11.1 Å². The highest BCUT2D eigenvalue weighted by Crippen LogP contribution is 2.22.